The van der Waals surface area contributed by atoms with Crippen molar-refractivity contribution >= 4 is 17.3 Å². The van der Waals surface area contributed by atoms with E-state index in [1.807, 2.05) is 11.3 Å². The fraction of sp³-hybridized carbons (Fsp3) is 0.615. The molecule has 1 aliphatic carbocycles. The molecular formula is C13H19N3S. The van der Waals surface area contributed by atoms with Gasteiger partial charge in [-0.1, -0.05) is 12.8 Å². The highest BCUT2D eigenvalue weighted by Crippen LogP contribution is 2.37. The summed E-state index contributed by atoms with van der Waals surface area (Å²) in [5.41, 5.74) is 7.47. The van der Waals surface area contributed by atoms with Gasteiger partial charge in [0.1, 0.15) is 0 Å². The van der Waals surface area contributed by atoms with E-state index in [4.69, 9.17) is 5.73 Å². The molecule has 1 aromatic rings. The van der Waals surface area contributed by atoms with Crippen LogP contribution in [0.1, 0.15) is 42.2 Å². The summed E-state index contributed by atoms with van der Waals surface area (Å²) in [5, 5.41) is 2.17. The first-order chi connectivity index (χ1) is 8.27. The molecule has 2 aliphatic rings. The Labute approximate surface area is 106 Å². The van der Waals surface area contributed by atoms with Gasteiger partial charge in [-0.05, 0) is 36.8 Å². The van der Waals surface area contributed by atoms with Crippen LogP contribution in [0.3, 0.4) is 0 Å². The Bertz CT molecular complexity index is 432. The molecule has 2 heterocycles. The molecule has 1 saturated carbocycles. The van der Waals surface area contributed by atoms with Crippen molar-refractivity contribution in [2.75, 3.05) is 6.54 Å². The monoisotopic (exact) mass is 249 g/mol. The molecule has 1 aromatic heterocycles. The van der Waals surface area contributed by atoms with Gasteiger partial charge >= 0.3 is 0 Å². The van der Waals surface area contributed by atoms with Gasteiger partial charge in [0.2, 0.25) is 0 Å². The molecule has 17 heavy (non-hydrogen) atoms. The van der Waals surface area contributed by atoms with Crippen LogP contribution in [0.4, 0.5) is 0 Å². The van der Waals surface area contributed by atoms with Crippen LogP contribution in [-0.4, -0.2) is 23.4 Å². The lowest BCUT2D eigenvalue weighted by Gasteiger charge is -2.32. The van der Waals surface area contributed by atoms with Crippen LogP contribution in [0.2, 0.25) is 0 Å². The first kappa shape index (κ1) is 11.1. The molecule has 2 N–H and O–H groups in total. The molecule has 0 aromatic carbocycles. The summed E-state index contributed by atoms with van der Waals surface area (Å²) in [4.78, 5) is 8.29. The topological polar surface area (TPSA) is 41.6 Å². The molecule has 3 rings (SSSR count). The molecule has 1 fully saturated rings. The van der Waals surface area contributed by atoms with Crippen molar-refractivity contribution < 1.29 is 0 Å². The minimum Gasteiger partial charge on any atom is -0.370 e. The maximum Gasteiger partial charge on any atom is 0.192 e. The zero-order valence-corrected chi connectivity index (χ0v) is 11.0. The number of hydrogen-bond donors (Lipinski definition) is 1. The maximum absolute atomic E-state index is 6.09. The third-order valence-corrected chi connectivity index (χ3v) is 5.07. The summed E-state index contributed by atoms with van der Waals surface area (Å²) in [5.74, 6) is 0.759. The highest BCUT2D eigenvalue weighted by Gasteiger charge is 2.35. The third kappa shape index (κ3) is 1.84. The Balaban J connectivity index is 1.88. The molecule has 0 saturated heterocycles. The van der Waals surface area contributed by atoms with Gasteiger partial charge in [-0.3, -0.25) is 4.99 Å². The zero-order chi connectivity index (χ0) is 11.8. The number of hydrogen-bond acceptors (Lipinski definition) is 4. The lowest BCUT2D eigenvalue weighted by Crippen LogP contribution is -2.42. The Morgan fingerprint density at radius 1 is 1.41 bits per heavy atom. The standard InChI is InChI=1S/C13H19N3S/c1-9-6-7-17-12(9)11-8-15-13(14)16(11)10-4-2-3-5-10/h6-7,10-11H,2-5,8H2,1H3,(H2,14,15). The number of guanidine groups is 1. The number of aliphatic imine (C=N–C) groups is 1. The first-order valence-electron chi connectivity index (χ1n) is 6.39. The van der Waals surface area contributed by atoms with Crippen LogP contribution in [0.25, 0.3) is 0 Å². The van der Waals surface area contributed by atoms with Gasteiger partial charge in [0.05, 0.1) is 12.6 Å². The van der Waals surface area contributed by atoms with Gasteiger partial charge in [-0.2, -0.15) is 0 Å². The summed E-state index contributed by atoms with van der Waals surface area (Å²) < 4.78 is 0. The smallest absolute Gasteiger partial charge is 0.192 e. The van der Waals surface area contributed by atoms with Crippen LogP contribution < -0.4 is 5.73 Å². The Kier molecular flexibility index (Phi) is 2.82. The van der Waals surface area contributed by atoms with Crippen molar-refractivity contribution in [3.05, 3.63) is 21.9 Å². The van der Waals surface area contributed by atoms with Crippen molar-refractivity contribution in [3.63, 3.8) is 0 Å². The van der Waals surface area contributed by atoms with E-state index in [2.05, 4.69) is 28.3 Å². The fourth-order valence-electron chi connectivity index (χ4n) is 3.07. The second-order valence-electron chi connectivity index (χ2n) is 5.03. The lowest BCUT2D eigenvalue weighted by molar-refractivity contribution is 0.264. The van der Waals surface area contributed by atoms with E-state index in [1.165, 1.54) is 36.1 Å². The van der Waals surface area contributed by atoms with E-state index in [-0.39, 0.29) is 0 Å². The minimum absolute atomic E-state index is 0.401. The molecule has 0 amide bonds. The quantitative estimate of drug-likeness (QED) is 0.875. The van der Waals surface area contributed by atoms with Crippen molar-refractivity contribution in [1.82, 2.24) is 4.90 Å². The van der Waals surface area contributed by atoms with Crippen LogP contribution in [0.5, 0.6) is 0 Å². The average Bonchev–Trinajstić information content (AvgIpc) is 2.98. The maximum atomic E-state index is 6.09. The second-order valence-corrected chi connectivity index (χ2v) is 5.98. The van der Waals surface area contributed by atoms with Crippen LogP contribution in [-0.2, 0) is 0 Å². The van der Waals surface area contributed by atoms with Gasteiger partial charge in [-0.15, -0.1) is 11.3 Å². The third-order valence-electron chi connectivity index (χ3n) is 3.95. The molecule has 0 radical (unpaired) electrons. The van der Waals surface area contributed by atoms with Crippen LogP contribution >= 0.6 is 11.3 Å². The summed E-state index contributed by atoms with van der Waals surface area (Å²) >= 11 is 1.84. The zero-order valence-electron chi connectivity index (χ0n) is 10.2. The number of thiophene rings is 1. The van der Waals surface area contributed by atoms with Crippen molar-refractivity contribution in [3.8, 4) is 0 Å². The van der Waals surface area contributed by atoms with Gasteiger partial charge < -0.3 is 10.6 Å². The molecule has 1 atom stereocenters. The van der Waals surface area contributed by atoms with E-state index in [9.17, 15) is 0 Å². The van der Waals surface area contributed by atoms with Gasteiger partial charge in [0, 0.05) is 10.9 Å². The van der Waals surface area contributed by atoms with E-state index in [0.29, 0.717) is 12.1 Å². The minimum atomic E-state index is 0.401. The number of rotatable bonds is 2. The van der Waals surface area contributed by atoms with Gasteiger partial charge in [-0.25, -0.2) is 0 Å². The average molecular weight is 249 g/mol. The van der Waals surface area contributed by atoms with Crippen molar-refractivity contribution in [1.29, 1.82) is 0 Å². The highest BCUT2D eigenvalue weighted by molar-refractivity contribution is 7.10. The molecule has 0 bridgehead atoms. The van der Waals surface area contributed by atoms with E-state index in [0.717, 1.165) is 12.5 Å². The predicted molar refractivity (Wildman–Crippen MR) is 72.4 cm³/mol. The summed E-state index contributed by atoms with van der Waals surface area (Å²) in [6, 6.07) is 3.22. The molecular weight excluding hydrogens is 230 g/mol. The molecule has 92 valence electrons. The number of nitrogens with zero attached hydrogens (tertiary/aromatic N) is 2. The number of nitrogens with two attached hydrogens (primary N) is 1. The van der Waals surface area contributed by atoms with Gasteiger partial charge in [0.25, 0.3) is 0 Å². The lowest BCUT2D eigenvalue weighted by atomic mass is 10.1. The molecule has 1 unspecified atom stereocenters. The molecule has 3 nitrogen and oxygen atoms in total. The largest absolute Gasteiger partial charge is 0.370 e. The van der Waals surface area contributed by atoms with Crippen LogP contribution in [0, 0.1) is 6.92 Å². The predicted octanol–water partition coefficient (Wildman–Crippen LogP) is 2.67. The molecule has 0 spiro atoms. The Morgan fingerprint density at radius 3 is 2.82 bits per heavy atom. The second kappa shape index (κ2) is 4.33. The SMILES string of the molecule is Cc1ccsc1C1CN=C(N)N1C1CCCC1. The number of aryl methyl sites for hydroxylation is 1. The Hall–Kier alpha value is -1.03. The van der Waals surface area contributed by atoms with E-state index < -0.39 is 0 Å². The van der Waals surface area contributed by atoms with Gasteiger partial charge in [0.15, 0.2) is 5.96 Å². The van der Waals surface area contributed by atoms with E-state index in [1.54, 1.807) is 0 Å². The molecule has 1 aliphatic heterocycles. The Morgan fingerprint density at radius 2 is 2.18 bits per heavy atom. The summed E-state index contributed by atoms with van der Waals surface area (Å²) in [6.45, 7) is 3.02. The van der Waals surface area contributed by atoms with Crippen molar-refractivity contribution in [2.45, 2.75) is 44.7 Å². The first-order valence-corrected chi connectivity index (χ1v) is 7.27. The summed E-state index contributed by atoms with van der Waals surface area (Å²) in [6.07, 6.45) is 5.23. The normalized spacial score (nSPS) is 25.6. The summed E-state index contributed by atoms with van der Waals surface area (Å²) in [7, 11) is 0. The van der Waals surface area contributed by atoms with E-state index >= 15 is 0 Å². The van der Waals surface area contributed by atoms with Crippen molar-refractivity contribution in [2.24, 2.45) is 10.7 Å². The van der Waals surface area contributed by atoms with Crippen LogP contribution in [0.15, 0.2) is 16.4 Å². The fourth-order valence-corrected chi connectivity index (χ4v) is 4.09. The highest BCUT2D eigenvalue weighted by atomic mass is 32.1. The molecule has 4 heteroatoms.